The molecule has 1 aliphatic heterocycles. The number of halogens is 3. The van der Waals surface area contributed by atoms with E-state index in [1.807, 2.05) is 39.2 Å². The molecule has 0 radical (unpaired) electrons. The van der Waals surface area contributed by atoms with E-state index in [2.05, 4.69) is 0 Å². The van der Waals surface area contributed by atoms with Crippen molar-refractivity contribution in [2.45, 2.75) is 89.9 Å². The van der Waals surface area contributed by atoms with Crippen LogP contribution in [0.4, 0.5) is 13.2 Å². The van der Waals surface area contributed by atoms with E-state index in [0.29, 0.717) is 0 Å². The van der Waals surface area contributed by atoms with Gasteiger partial charge in [0.1, 0.15) is 12.4 Å². The molecule has 6 nitrogen and oxygen atoms in total. The molecular formula is C16H28F3NO5Si. The third kappa shape index (κ3) is 5.95. The Morgan fingerprint density at radius 3 is 2.15 bits per heavy atom. The van der Waals surface area contributed by atoms with Crippen molar-refractivity contribution >= 4 is 20.2 Å². The van der Waals surface area contributed by atoms with E-state index in [1.165, 1.54) is 0 Å². The van der Waals surface area contributed by atoms with E-state index in [4.69, 9.17) is 13.9 Å². The van der Waals surface area contributed by atoms with E-state index in [-0.39, 0.29) is 11.5 Å². The summed E-state index contributed by atoms with van der Waals surface area (Å²) in [6.45, 7) is 12.8. The Bertz CT molecular complexity index is 533. The number of ether oxygens (including phenoxy) is 2. The third-order valence-electron chi connectivity index (χ3n) is 4.78. The molecule has 0 unspecified atom stereocenters. The average Bonchev–Trinajstić information content (AvgIpc) is 2.39. The molecule has 0 aromatic heterocycles. The van der Waals surface area contributed by atoms with Crippen molar-refractivity contribution in [1.29, 1.82) is 0 Å². The summed E-state index contributed by atoms with van der Waals surface area (Å²) in [5.74, 6) is -2.75. The normalized spacial score (nSPS) is 27.8. The Balaban J connectivity index is 2.99. The maximum Gasteiger partial charge on any atom is 0.471 e. The summed E-state index contributed by atoms with van der Waals surface area (Å²) in [5.41, 5.74) is 0. The molecule has 1 fully saturated rings. The number of esters is 1. The van der Waals surface area contributed by atoms with Gasteiger partial charge in [-0.2, -0.15) is 13.2 Å². The van der Waals surface area contributed by atoms with Gasteiger partial charge in [0.05, 0.1) is 12.1 Å². The molecular weight excluding hydrogens is 371 g/mol. The molecule has 26 heavy (non-hydrogen) atoms. The first-order chi connectivity index (χ1) is 11.5. The van der Waals surface area contributed by atoms with Crippen LogP contribution in [0.25, 0.3) is 0 Å². The second-order valence-corrected chi connectivity index (χ2v) is 12.8. The molecule has 4 atom stereocenters. The van der Waals surface area contributed by atoms with Crippen LogP contribution < -0.4 is 5.32 Å². The van der Waals surface area contributed by atoms with Gasteiger partial charge in [0.25, 0.3) is 0 Å². The van der Waals surface area contributed by atoms with Crippen LogP contribution >= 0.6 is 0 Å². The molecule has 1 aliphatic rings. The number of carbonyl (C=O) groups excluding carboxylic acids is 2. The number of carbonyl (C=O) groups is 2. The molecule has 1 amide bonds. The quantitative estimate of drug-likeness (QED) is 0.581. The Kier molecular flexibility index (Phi) is 6.92. The topological polar surface area (TPSA) is 73.9 Å². The highest BCUT2D eigenvalue weighted by Gasteiger charge is 2.47. The highest BCUT2D eigenvalue weighted by atomic mass is 28.4. The van der Waals surface area contributed by atoms with E-state index in [9.17, 15) is 22.8 Å². The summed E-state index contributed by atoms with van der Waals surface area (Å²) in [6.07, 6.45) is -7.63. The van der Waals surface area contributed by atoms with Crippen LogP contribution in [0.1, 0.15) is 41.0 Å². The summed E-state index contributed by atoms with van der Waals surface area (Å²) in [7, 11) is -2.25. The Morgan fingerprint density at radius 1 is 1.19 bits per heavy atom. The number of rotatable bonds is 4. The minimum Gasteiger partial charge on any atom is -0.458 e. The van der Waals surface area contributed by atoms with Crippen molar-refractivity contribution in [3.05, 3.63) is 0 Å². The predicted molar refractivity (Wildman–Crippen MR) is 90.8 cm³/mol. The summed E-state index contributed by atoms with van der Waals surface area (Å²) < 4.78 is 54.8. The first kappa shape index (κ1) is 22.9. The van der Waals surface area contributed by atoms with Gasteiger partial charge in [0.15, 0.2) is 8.32 Å². The summed E-state index contributed by atoms with van der Waals surface area (Å²) in [5, 5.41) is 1.79. The lowest BCUT2D eigenvalue weighted by Crippen LogP contribution is -2.60. The van der Waals surface area contributed by atoms with Gasteiger partial charge in [-0.3, -0.25) is 9.59 Å². The maximum absolute atomic E-state index is 12.6. The van der Waals surface area contributed by atoms with E-state index < -0.39 is 50.9 Å². The van der Waals surface area contributed by atoms with Crippen molar-refractivity contribution in [2.24, 2.45) is 0 Å². The standard InChI is InChI=1S/C16H28F3NO5Si/c1-9-13(24-10(2)21)11(20-14(22)16(17,18)19)8-12(23-9)25-26(6,7)15(3,4)5/h9,11-13H,8H2,1-7H3,(H,20,22)/t9-,11-,12+,13+/m0/s1. The zero-order valence-corrected chi connectivity index (χ0v) is 17.2. The van der Waals surface area contributed by atoms with Crippen LogP contribution in [0.2, 0.25) is 18.1 Å². The van der Waals surface area contributed by atoms with E-state index in [1.54, 1.807) is 6.92 Å². The molecule has 0 aliphatic carbocycles. The van der Waals surface area contributed by atoms with Crippen molar-refractivity contribution in [2.75, 3.05) is 0 Å². The molecule has 1 N–H and O–H groups in total. The lowest BCUT2D eigenvalue weighted by molar-refractivity contribution is -0.212. The fourth-order valence-electron chi connectivity index (χ4n) is 2.38. The lowest BCUT2D eigenvalue weighted by atomic mass is 9.99. The molecule has 10 heteroatoms. The average molecular weight is 399 g/mol. The molecule has 0 spiro atoms. The minimum absolute atomic E-state index is 0.0450. The van der Waals surface area contributed by atoms with Gasteiger partial charge in [-0.25, -0.2) is 0 Å². The van der Waals surface area contributed by atoms with Gasteiger partial charge in [-0.05, 0) is 25.1 Å². The van der Waals surface area contributed by atoms with Gasteiger partial charge < -0.3 is 19.2 Å². The molecule has 0 aromatic carbocycles. The number of alkyl halides is 3. The van der Waals surface area contributed by atoms with Crippen LogP contribution in [0, 0.1) is 0 Å². The monoisotopic (exact) mass is 399 g/mol. The molecule has 1 saturated heterocycles. The largest absolute Gasteiger partial charge is 0.471 e. The van der Waals surface area contributed by atoms with E-state index >= 15 is 0 Å². The predicted octanol–water partition coefficient (Wildman–Crippen LogP) is 3.12. The highest BCUT2D eigenvalue weighted by molar-refractivity contribution is 6.74. The van der Waals surface area contributed by atoms with E-state index in [0.717, 1.165) is 6.92 Å². The van der Waals surface area contributed by atoms with Gasteiger partial charge in [0.2, 0.25) is 0 Å². The molecule has 0 aromatic rings. The second-order valence-electron chi connectivity index (χ2n) is 8.04. The molecule has 1 heterocycles. The van der Waals surface area contributed by atoms with Crippen LogP contribution in [-0.4, -0.2) is 50.9 Å². The number of nitrogens with one attached hydrogen (secondary N) is 1. The Labute approximate surface area is 152 Å². The van der Waals surface area contributed by atoms with Gasteiger partial charge in [-0.1, -0.05) is 20.8 Å². The zero-order chi connectivity index (χ0) is 20.5. The first-order valence-electron chi connectivity index (χ1n) is 8.43. The Hall–Kier alpha value is -1.13. The molecule has 0 bridgehead atoms. The van der Waals surface area contributed by atoms with Crippen molar-refractivity contribution in [3.8, 4) is 0 Å². The SMILES string of the molecule is CC(=O)O[C@H]1[C@@H](NC(=O)C(F)(F)F)C[C@@H](O[Si](C)(C)C(C)(C)C)O[C@H]1C. The smallest absolute Gasteiger partial charge is 0.458 e. The highest BCUT2D eigenvalue weighted by Crippen LogP contribution is 2.39. The number of hydrogen-bond acceptors (Lipinski definition) is 5. The second kappa shape index (κ2) is 7.85. The van der Waals surface area contributed by atoms with Crippen LogP contribution in [0.3, 0.4) is 0 Å². The van der Waals surface area contributed by atoms with Crippen molar-refractivity contribution in [1.82, 2.24) is 5.32 Å². The fourth-order valence-corrected chi connectivity index (χ4v) is 3.55. The molecule has 0 saturated carbocycles. The maximum atomic E-state index is 12.6. The number of hydrogen-bond donors (Lipinski definition) is 1. The van der Waals surface area contributed by atoms with Gasteiger partial charge in [-0.15, -0.1) is 0 Å². The van der Waals surface area contributed by atoms with Gasteiger partial charge in [0, 0.05) is 13.3 Å². The molecule has 152 valence electrons. The summed E-state index contributed by atoms with van der Waals surface area (Å²) >= 11 is 0. The van der Waals surface area contributed by atoms with Crippen molar-refractivity contribution < 1.29 is 36.7 Å². The summed E-state index contributed by atoms with van der Waals surface area (Å²) in [6, 6.07) is -1.06. The summed E-state index contributed by atoms with van der Waals surface area (Å²) in [4.78, 5) is 22.7. The van der Waals surface area contributed by atoms with Crippen LogP contribution in [-0.2, 0) is 23.5 Å². The van der Waals surface area contributed by atoms with Crippen LogP contribution in [0.15, 0.2) is 0 Å². The lowest BCUT2D eigenvalue weighted by Gasteiger charge is -2.45. The number of amides is 1. The fraction of sp³-hybridized carbons (Fsp3) is 0.875. The minimum atomic E-state index is -5.03. The van der Waals surface area contributed by atoms with Crippen molar-refractivity contribution in [3.63, 3.8) is 0 Å². The van der Waals surface area contributed by atoms with Gasteiger partial charge >= 0.3 is 18.1 Å². The zero-order valence-electron chi connectivity index (χ0n) is 16.2. The third-order valence-corrected chi connectivity index (χ3v) is 9.24. The first-order valence-corrected chi connectivity index (χ1v) is 11.3. The Morgan fingerprint density at radius 2 is 1.73 bits per heavy atom. The molecule has 1 rings (SSSR count). The van der Waals surface area contributed by atoms with Crippen LogP contribution in [0.5, 0.6) is 0 Å².